The van der Waals surface area contributed by atoms with Crippen LogP contribution >= 0.6 is 11.6 Å². The fraction of sp³-hybridized carbons (Fsp3) is 0.500. The van der Waals surface area contributed by atoms with Crippen LogP contribution in [0.4, 0.5) is 10.1 Å². The van der Waals surface area contributed by atoms with Crippen molar-refractivity contribution < 1.29 is 9.13 Å². The average Bonchev–Trinajstić information content (AvgIpc) is 2.29. The number of benzene rings is 1. The molecule has 1 aliphatic rings. The van der Waals surface area contributed by atoms with Crippen molar-refractivity contribution in [2.24, 2.45) is 0 Å². The SMILES string of the molecule is CN1CCC(Oc2cc(Cl)c(F)cc2N)CC1. The van der Waals surface area contributed by atoms with Crippen LogP contribution in [0.2, 0.25) is 5.02 Å². The van der Waals surface area contributed by atoms with Gasteiger partial charge in [-0.05, 0) is 19.9 Å². The average molecular weight is 259 g/mol. The summed E-state index contributed by atoms with van der Waals surface area (Å²) in [5.74, 6) is -0.0363. The number of piperidine rings is 1. The molecule has 0 aromatic heterocycles. The maximum Gasteiger partial charge on any atom is 0.144 e. The Hall–Kier alpha value is -1.00. The number of nitrogens with zero attached hydrogens (tertiary/aromatic N) is 1. The van der Waals surface area contributed by atoms with Gasteiger partial charge in [-0.1, -0.05) is 11.6 Å². The standard InChI is InChI=1S/C12H16ClFN2O/c1-16-4-2-8(3-5-16)17-12-6-9(13)10(14)7-11(12)15/h6-8H,2-5,15H2,1H3. The lowest BCUT2D eigenvalue weighted by molar-refractivity contribution is 0.115. The van der Waals surface area contributed by atoms with Gasteiger partial charge in [-0.25, -0.2) is 4.39 Å². The molecule has 1 aromatic carbocycles. The van der Waals surface area contributed by atoms with Crippen LogP contribution in [0.1, 0.15) is 12.8 Å². The summed E-state index contributed by atoms with van der Waals surface area (Å²) in [6, 6.07) is 2.65. The topological polar surface area (TPSA) is 38.5 Å². The predicted molar refractivity (Wildman–Crippen MR) is 67.0 cm³/mol. The third-order valence-corrected chi connectivity index (χ3v) is 3.30. The zero-order chi connectivity index (χ0) is 12.4. The first-order chi connectivity index (χ1) is 8.06. The van der Waals surface area contributed by atoms with Gasteiger partial charge in [0.05, 0.1) is 10.7 Å². The Morgan fingerprint density at radius 1 is 1.41 bits per heavy atom. The molecule has 0 unspecified atom stereocenters. The molecule has 1 aromatic rings. The van der Waals surface area contributed by atoms with Gasteiger partial charge in [0.1, 0.15) is 17.7 Å². The van der Waals surface area contributed by atoms with E-state index in [9.17, 15) is 4.39 Å². The van der Waals surface area contributed by atoms with Crippen molar-refractivity contribution in [3.05, 3.63) is 23.0 Å². The highest BCUT2D eigenvalue weighted by Crippen LogP contribution is 2.30. The summed E-state index contributed by atoms with van der Waals surface area (Å²) < 4.78 is 18.9. The van der Waals surface area contributed by atoms with Crippen LogP contribution in [-0.4, -0.2) is 31.1 Å². The van der Waals surface area contributed by atoms with Crippen molar-refractivity contribution in [2.45, 2.75) is 18.9 Å². The second-order valence-corrected chi connectivity index (χ2v) is 4.83. The molecule has 1 heterocycles. The third kappa shape index (κ3) is 3.01. The minimum absolute atomic E-state index is 0.0436. The van der Waals surface area contributed by atoms with Crippen molar-refractivity contribution in [3.8, 4) is 5.75 Å². The van der Waals surface area contributed by atoms with Gasteiger partial charge in [0.15, 0.2) is 0 Å². The van der Waals surface area contributed by atoms with E-state index in [4.69, 9.17) is 22.1 Å². The molecule has 1 aliphatic heterocycles. The minimum atomic E-state index is -0.514. The van der Waals surface area contributed by atoms with E-state index in [0.29, 0.717) is 11.4 Å². The van der Waals surface area contributed by atoms with E-state index >= 15 is 0 Å². The van der Waals surface area contributed by atoms with Crippen molar-refractivity contribution in [1.82, 2.24) is 4.90 Å². The van der Waals surface area contributed by atoms with E-state index in [1.54, 1.807) is 0 Å². The highest BCUT2D eigenvalue weighted by Gasteiger charge is 2.19. The monoisotopic (exact) mass is 258 g/mol. The van der Waals surface area contributed by atoms with Crippen LogP contribution in [0.15, 0.2) is 12.1 Å². The molecule has 2 rings (SSSR count). The lowest BCUT2D eigenvalue weighted by Gasteiger charge is -2.29. The fourth-order valence-electron chi connectivity index (χ4n) is 1.93. The van der Waals surface area contributed by atoms with Gasteiger partial charge >= 0.3 is 0 Å². The van der Waals surface area contributed by atoms with Crippen molar-refractivity contribution in [1.29, 1.82) is 0 Å². The highest BCUT2D eigenvalue weighted by atomic mass is 35.5. The summed E-state index contributed by atoms with van der Waals surface area (Å²) in [7, 11) is 2.08. The quantitative estimate of drug-likeness (QED) is 0.829. The highest BCUT2D eigenvalue weighted by molar-refractivity contribution is 6.31. The molecule has 2 N–H and O–H groups in total. The van der Waals surface area contributed by atoms with Crippen molar-refractivity contribution >= 4 is 17.3 Å². The molecule has 17 heavy (non-hydrogen) atoms. The van der Waals surface area contributed by atoms with Gasteiger partial charge in [-0.2, -0.15) is 0 Å². The molecular weight excluding hydrogens is 243 g/mol. The molecule has 94 valence electrons. The first-order valence-corrected chi connectivity index (χ1v) is 6.04. The molecule has 0 atom stereocenters. The van der Waals surface area contributed by atoms with Gasteiger partial charge in [-0.3, -0.25) is 0 Å². The third-order valence-electron chi connectivity index (χ3n) is 3.01. The van der Waals surface area contributed by atoms with E-state index in [-0.39, 0.29) is 11.1 Å². The molecule has 1 fully saturated rings. The number of likely N-dealkylation sites (tertiary alicyclic amines) is 1. The minimum Gasteiger partial charge on any atom is -0.488 e. The molecule has 1 saturated heterocycles. The summed E-state index contributed by atoms with van der Waals surface area (Å²) in [6.07, 6.45) is 2.03. The van der Waals surface area contributed by atoms with Crippen LogP contribution in [0, 0.1) is 5.82 Å². The number of hydrogen-bond donors (Lipinski definition) is 1. The lowest BCUT2D eigenvalue weighted by Crippen LogP contribution is -2.35. The molecule has 0 aliphatic carbocycles. The lowest BCUT2D eigenvalue weighted by atomic mass is 10.1. The zero-order valence-electron chi connectivity index (χ0n) is 9.75. The predicted octanol–water partition coefficient (Wildman–Crippen LogP) is 2.53. The summed E-state index contributed by atoms with van der Waals surface area (Å²) in [6.45, 7) is 2.00. The Labute approximate surface area is 105 Å². The molecule has 0 bridgehead atoms. The van der Waals surface area contributed by atoms with Crippen LogP contribution in [-0.2, 0) is 0 Å². The van der Waals surface area contributed by atoms with Gasteiger partial charge in [0.25, 0.3) is 0 Å². The summed E-state index contributed by atoms with van der Waals surface area (Å²) in [5.41, 5.74) is 6.00. The van der Waals surface area contributed by atoms with E-state index in [2.05, 4.69) is 11.9 Å². The van der Waals surface area contributed by atoms with Crippen LogP contribution in [0.5, 0.6) is 5.75 Å². The Kier molecular flexibility index (Phi) is 3.74. The summed E-state index contributed by atoms with van der Waals surface area (Å²) >= 11 is 5.71. The van der Waals surface area contributed by atoms with E-state index in [0.717, 1.165) is 25.9 Å². The molecule has 0 saturated carbocycles. The van der Waals surface area contributed by atoms with Crippen LogP contribution < -0.4 is 10.5 Å². The molecule has 0 radical (unpaired) electrons. The van der Waals surface area contributed by atoms with Gasteiger partial charge < -0.3 is 15.4 Å². The maximum atomic E-state index is 13.1. The van der Waals surface area contributed by atoms with Crippen molar-refractivity contribution in [2.75, 3.05) is 25.9 Å². The Bertz CT molecular complexity index is 406. The Balaban J connectivity index is 2.06. The number of halogens is 2. The smallest absolute Gasteiger partial charge is 0.144 e. The largest absolute Gasteiger partial charge is 0.488 e. The number of anilines is 1. The molecule has 0 amide bonds. The van der Waals surface area contributed by atoms with Crippen molar-refractivity contribution in [3.63, 3.8) is 0 Å². The molecular formula is C12H16ClFN2O. The molecule has 0 spiro atoms. The van der Waals surface area contributed by atoms with Crippen LogP contribution in [0.3, 0.4) is 0 Å². The number of ether oxygens (including phenoxy) is 1. The second kappa shape index (κ2) is 5.10. The summed E-state index contributed by atoms with van der Waals surface area (Å²) in [5, 5.41) is 0.0436. The first kappa shape index (κ1) is 12.5. The fourth-order valence-corrected chi connectivity index (χ4v) is 2.08. The number of nitrogens with two attached hydrogens (primary N) is 1. The van der Waals surface area contributed by atoms with E-state index in [1.165, 1.54) is 12.1 Å². The van der Waals surface area contributed by atoms with Gasteiger partial charge in [0, 0.05) is 25.2 Å². The molecule has 5 heteroatoms. The summed E-state index contributed by atoms with van der Waals surface area (Å²) in [4.78, 5) is 2.25. The van der Waals surface area contributed by atoms with E-state index < -0.39 is 5.82 Å². The maximum absolute atomic E-state index is 13.1. The number of rotatable bonds is 2. The Morgan fingerprint density at radius 2 is 2.06 bits per heavy atom. The number of nitrogen functional groups attached to an aromatic ring is 1. The normalized spacial score (nSPS) is 18.3. The van der Waals surface area contributed by atoms with Gasteiger partial charge in [-0.15, -0.1) is 0 Å². The van der Waals surface area contributed by atoms with Crippen LogP contribution in [0.25, 0.3) is 0 Å². The van der Waals surface area contributed by atoms with E-state index in [1.807, 2.05) is 0 Å². The zero-order valence-corrected chi connectivity index (χ0v) is 10.5. The number of hydrogen-bond acceptors (Lipinski definition) is 3. The van der Waals surface area contributed by atoms with Gasteiger partial charge in [0.2, 0.25) is 0 Å². The molecule has 3 nitrogen and oxygen atoms in total. The second-order valence-electron chi connectivity index (χ2n) is 4.42. The Morgan fingerprint density at radius 3 is 2.71 bits per heavy atom. The first-order valence-electron chi connectivity index (χ1n) is 5.66.